The highest BCUT2D eigenvalue weighted by Gasteiger charge is 2.14. The van der Waals surface area contributed by atoms with E-state index < -0.39 is 0 Å². The zero-order valence-corrected chi connectivity index (χ0v) is 19.6. The molecule has 164 valence electrons. The highest BCUT2D eigenvalue weighted by molar-refractivity contribution is 7.99. The number of nitrogens with one attached hydrogen (secondary N) is 1. The third-order valence-corrected chi connectivity index (χ3v) is 6.10. The molecule has 1 amide bonds. The Morgan fingerprint density at radius 2 is 1.97 bits per heavy atom. The summed E-state index contributed by atoms with van der Waals surface area (Å²) >= 11 is 1.36. The van der Waals surface area contributed by atoms with Gasteiger partial charge in [-0.2, -0.15) is 0 Å². The van der Waals surface area contributed by atoms with Crippen LogP contribution in [0, 0.1) is 6.92 Å². The highest BCUT2D eigenvalue weighted by atomic mass is 32.2. The minimum absolute atomic E-state index is 0.0620. The minimum atomic E-state index is -0.0620. The average molecular weight is 439 g/mol. The summed E-state index contributed by atoms with van der Waals surface area (Å²) in [4.78, 5) is 12.4. The molecule has 0 unspecified atom stereocenters. The van der Waals surface area contributed by atoms with E-state index in [0.29, 0.717) is 17.7 Å². The van der Waals surface area contributed by atoms with Crippen molar-refractivity contribution < 1.29 is 9.53 Å². The number of aryl methyl sites for hydroxylation is 2. The maximum atomic E-state index is 12.4. The van der Waals surface area contributed by atoms with Crippen LogP contribution in [0.5, 0.6) is 5.75 Å². The van der Waals surface area contributed by atoms with E-state index >= 15 is 0 Å². The molecule has 1 aromatic heterocycles. The van der Waals surface area contributed by atoms with Crippen LogP contribution in [0.2, 0.25) is 0 Å². The number of amides is 1. The molecule has 31 heavy (non-hydrogen) atoms. The van der Waals surface area contributed by atoms with Crippen LogP contribution < -0.4 is 10.1 Å². The molecule has 0 fully saturated rings. The zero-order chi connectivity index (χ0) is 22.4. The molecule has 0 radical (unpaired) electrons. The summed E-state index contributed by atoms with van der Waals surface area (Å²) in [5, 5.41) is 12.2. The largest absolute Gasteiger partial charge is 0.485 e. The van der Waals surface area contributed by atoms with Gasteiger partial charge in [0.15, 0.2) is 11.0 Å². The second-order valence-electron chi connectivity index (χ2n) is 7.79. The zero-order valence-electron chi connectivity index (χ0n) is 18.8. The number of rotatable bonds is 9. The number of nitrogens with zero attached hydrogens (tertiary/aromatic N) is 3. The molecule has 0 saturated carbocycles. The van der Waals surface area contributed by atoms with Crippen LogP contribution in [0.25, 0.3) is 0 Å². The third kappa shape index (κ3) is 5.88. The fourth-order valence-electron chi connectivity index (χ4n) is 3.25. The number of benzene rings is 2. The molecule has 0 aliphatic carbocycles. The number of hydrogen-bond acceptors (Lipinski definition) is 5. The molecular formula is C24H30N4O2S. The number of carbonyl (C=O) groups excluding carboxylic acids is 1. The van der Waals surface area contributed by atoms with Gasteiger partial charge in [0.1, 0.15) is 12.4 Å². The van der Waals surface area contributed by atoms with Crippen molar-refractivity contribution in [3.8, 4) is 5.75 Å². The predicted octanol–water partition coefficient (Wildman–Crippen LogP) is 5.12. The first-order valence-corrected chi connectivity index (χ1v) is 11.5. The highest BCUT2D eigenvalue weighted by Crippen LogP contribution is 2.28. The molecule has 3 aromatic rings. The molecule has 6 nitrogen and oxygen atoms in total. The Labute approximate surface area is 188 Å². The molecule has 1 heterocycles. The lowest BCUT2D eigenvalue weighted by Gasteiger charge is -2.14. The van der Waals surface area contributed by atoms with Crippen molar-refractivity contribution in [1.82, 2.24) is 14.8 Å². The van der Waals surface area contributed by atoms with Gasteiger partial charge in [-0.3, -0.25) is 4.79 Å². The van der Waals surface area contributed by atoms with E-state index in [4.69, 9.17) is 4.74 Å². The van der Waals surface area contributed by atoms with Gasteiger partial charge in [0.2, 0.25) is 5.91 Å². The molecule has 0 atom stereocenters. The molecule has 0 spiro atoms. The topological polar surface area (TPSA) is 69.0 Å². The first-order chi connectivity index (χ1) is 14.9. The van der Waals surface area contributed by atoms with Crippen molar-refractivity contribution in [3.05, 3.63) is 65.0 Å². The summed E-state index contributed by atoms with van der Waals surface area (Å²) in [6, 6.07) is 14.1. The van der Waals surface area contributed by atoms with Gasteiger partial charge in [0.05, 0.1) is 5.75 Å². The van der Waals surface area contributed by atoms with Crippen LogP contribution in [0.4, 0.5) is 5.69 Å². The van der Waals surface area contributed by atoms with Crippen LogP contribution in [-0.2, 0) is 24.9 Å². The molecule has 3 rings (SSSR count). The van der Waals surface area contributed by atoms with Gasteiger partial charge in [0.25, 0.3) is 0 Å². The van der Waals surface area contributed by atoms with Crippen molar-refractivity contribution in [2.24, 2.45) is 7.05 Å². The molecule has 0 aliphatic heterocycles. The van der Waals surface area contributed by atoms with E-state index in [9.17, 15) is 4.79 Å². The van der Waals surface area contributed by atoms with Gasteiger partial charge in [-0.25, -0.2) is 0 Å². The summed E-state index contributed by atoms with van der Waals surface area (Å²) < 4.78 is 7.96. The van der Waals surface area contributed by atoms with Crippen LogP contribution in [-0.4, -0.2) is 26.4 Å². The maximum Gasteiger partial charge on any atom is 0.234 e. The fraction of sp³-hybridized carbons (Fsp3) is 0.375. The van der Waals surface area contributed by atoms with Gasteiger partial charge in [0, 0.05) is 12.7 Å². The normalized spacial score (nSPS) is 11.0. The summed E-state index contributed by atoms with van der Waals surface area (Å²) in [6.45, 7) is 8.75. The standard InChI is InChI=1S/C24H30N4O2S/c1-6-18-9-7-8-10-20(18)25-23(29)15-31-24-27-26-22(28(24)5)14-30-21-13-17(4)11-12-19(21)16(2)3/h7-13,16H,6,14-15H2,1-5H3,(H,25,29). The number of ether oxygens (including phenoxy) is 1. The number of aromatic nitrogens is 3. The first kappa shape index (κ1) is 22.9. The van der Waals surface area contributed by atoms with Gasteiger partial charge in [-0.1, -0.05) is 62.9 Å². The smallest absolute Gasteiger partial charge is 0.234 e. The van der Waals surface area contributed by atoms with E-state index in [1.165, 1.54) is 17.3 Å². The Hall–Kier alpha value is -2.80. The van der Waals surface area contributed by atoms with Crippen molar-refractivity contribution >= 4 is 23.4 Å². The van der Waals surface area contributed by atoms with Gasteiger partial charge in [-0.15, -0.1) is 10.2 Å². The number of carbonyl (C=O) groups is 1. The van der Waals surface area contributed by atoms with Crippen molar-refractivity contribution in [2.75, 3.05) is 11.1 Å². The summed E-state index contributed by atoms with van der Waals surface area (Å²) in [5.74, 6) is 2.17. The van der Waals surface area contributed by atoms with Gasteiger partial charge < -0.3 is 14.6 Å². The molecule has 0 bridgehead atoms. The van der Waals surface area contributed by atoms with Gasteiger partial charge in [-0.05, 0) is 48.1 Å². The maximum absolute atomic E-state index is 12.4. The number of anilines is 1. The van der Waals surface area contributed by atoms with Crippen molar-refractivity contribution in [3.63, 3.8) is 0 Å². The first-order valence-electron chi connectivity index (χ1n) is 10.5. The number of para-hydroxylation sites is 1. The van der Waals surface area contributed by atoms with Crippen LogP contribution in [0.1, 0.15) is 49.2 Å². The monoisotopic (exact) mass is 438 g/mol. The Balaban J connectivity index is 1.59. The van der Waals surface area contributed by atoms with Crippen molar-refractivity contribution in [2.45, 2.75) is 51.8 Å². The van der Waals surface area contributed by atoms with Crippen molar-refractivity contribution in [1.29, 1.82) is 0 Å². The average Bonchev–Trinajstić information content (AvgIpc) is 3.10. The number of hydrogen-bond donors (Lipinski definition) is 1. The van der Waals surface area contributed by atoms with Gasteiger partial charge >= 0.3 is 0 Å². The summed E-state index contributed by atoms with van der Waals surface area (Å²) in [6.07, 6.45) is 0.871. The van der Waals surface area contributed by atoms with E-state index in [1.54, 1.807) is 0 Å². The minimum Gasteiger partial charge on any atom is -0.485 e. The second-order valence-corrected chi connectivity index (χ2v) is 8.73. The van der Waals surface area contributed by atoms with E-state index in [-0.39, 0.29) is 11.7 Å². The molecular weight excluding hydrogens is 408 g/mol. The lowest BCUT2D eigenvalue weighted by Crippen LogP contribution is -2.15. The van der Waals surface area contributed by atoms with Crippen LogP contribution >= 0.6 is 11.8 Å². The molecule has 2 aromatic carbocycles. The molecule has 0 aliphatic rings. The van der Waals surface area contributed by atoms with Crippen LogP contribution in [0.3, 0.4) is 0 Å². The van der Waals surface area contributed by atoms with Crippen LogP contribution in [0.15, 0.2) is 47.6 Å². The fourth-order valence-corrected chi connectivity index (χ4v) is 3.98. The Morgan fingerprint density at radius 1 is 1.19 bits per heavy atom. The third-order valence-electron chi connectivity index (χ3n) is 5.08. The molecule has 7 heteroatoms. The SMILES string of the molecule is CCc1ccccc1NC(=O)CSc1nnc(COc2cc(C)ccc2C(C)C)n1C. The second kappa shape index (κ2) is 10.5. The van der Waals surface area contributed by atoms with E-state index in [0.717, 1.165) is 34.8 Å². The van der Waals surface area contributed by atoms with E-state index in [2.05, 4.69) is 61.4 Å². The molecule has 1 N–H and O–H groups in total. The summed E-state index contributed by atoms with van der Waals surface area (Å²) in [7, 11) is 1.89. The summed E-state index contributed by atoms with van der Waals surface area (Å²) in [5.41, 5.74) is 4.31. The Kier molecular flexibility index (Phi) is 7.74. The quantitative estimate of drug-likeness (QED) is 0.470. The lowest BCUT2D eigenvalue weighted by atomic mass is 10.0. The Bertz CT molecular complexity index is 1050. The number of thioether (sulfide) groups is 1. The Morgan fingerprint density at radius 3 is 2.71 bits per heavy atom. The molecule has 0 saturated heterocycles. The predicted molar refractivity (Wildman–Crippen MR) is 126 cm³/mol. The van der Waals surface area contributed by atoms with E-state index in [1.807, 2.05) is 35.9 Å². The lowest BCUT2D eigenvalue weighted by molar-refractivity contribution is -0.113.